The highest BCUT2D eigenvalue weighted by atomic mass is 32.1. The molecule has 0 aliphatic heterocycles. The first-order valence-corrected chi connectivity index (χ1v) is 7.68. The summed E-state index contributed by atoms with van der Waals surface area (Å²) < 4.78 is 26.6. The highest BCUT2D eigenvalue weighted by Crippen LogP contribution is 2.39. The molecule has 0 bridgehead atoms. The van der Waals surface area contributed by atoms with Gasteiger partial charge in [-0.05, 0) is 25.0 Å². The molecule has 1 heterocycles. The normalized spacial score (nSPS) is 16.5. The fourth-order valence-corrected chi connectivity index (χ4v) is 3.80. The van der Waals surface area contributed by atoms with Gasteiger partial charge in [0.25, 0.3) is 0 Å². The van der Waals surface area contributed by atoms with E-state index < -0.39 is 11.6 Å². The number of nitrogen functional groups attached to an aromatic ring is 1. The Hall–Kier alpha value is -1.49. The van der Waals surface area contributed by atoms with E-state index in [2.05, 4.69) is 4.98 Å². The van der Waals surface area contributed by atoms with Crippen LogP contribution in [0.2, 0.25) is 0 Å². The number of nitrogens with zero attached hydrogens (tertiary/aromatic N) is 1. The van der Waals surface area contributed by atoms with Crippen molar-refractivity contribution in [1.29, 1.82) is 0 Å². The zero-order valence-corrected chi connectivity index (χ0v) is 11.9. The largest absolute Gasteiger partial charge is 0.389 e. The Morgan fingerprint density at radius 3 is 2.35 bits per heavy atom. The van der Waals surface area contributed by atoms with Crippen LogP contribution in [0.3, 0.4) is 0 Å². The Morgan fingerprint density at radius 2 is 1.70 bits per heavy atom. The molecule has 1 saturated carbocycles. The fourth-order valence-electron chi connectivity index (χ4n) is 2.77. The van der Waals surface area contributed by atoms with Crippen LogP contribution in [0.5, 0.6) is 0 Å². The van der Waals surface area contributed by atoms with Crippen molar-refractivity contribution in [2.24, 2.45) is 0 Å². The van der Waals surface area contributed by atoms with E-state index in [9.17, 15) is 8.78 Å². The van der Waals surface area contributed by atoms with Gasteiger partial charge in [-0.3, -0.25) is 0 Å². The molecule has 5 heteroatoms. The smallest absolute Gasteiger partial charge is 0.126 e. The van der Waals surface area contributed by atoms with Crippen LogP contribution in [0.25, 0.3) is 11.3 Å². The Kier molecular flexibility index (Phi) is 3.70. The van der Waals surface area contributed by atoms with Gasteiger partial charge in [-0.25, -0.2) is 13.8 Å². The molecule has 1 aliphatic rings. The van der Waals surface area contributed by atoms with E-state index >= 15 is 0 Å². The minimum absolute atomic E-state index is 0.415. The Bertz CT molecular complexity index is 598. The predicted molar refractivity (Wildman–Crippen MR) is 77.7 cm³/mol. The lowest BCUT2D eigenvalue weighted by atomic mass is 9.90. The third kappa shape index (κ3) is 2.68. The topological polar surface area (TPSA) is 38.9 Å². The molecule has 2 N–H and O–H groups in total. The zero-order chi connectivity index (χ0) is 14.1. The third-order valence-electron chi connectivity index (χ3n) is 3.76. The second-order valence-electron chi connectivity index (χ2n) is 5.26. The van der Waals surface area contributed by atoms with Crippen LogP contribution in [0.4, 0.5) is 13.8 Å². The summed E-state index contributed by atoms with van der Waals surface area (Å²) in [7, 11) is 0. The fraction of sp³-hybridized carbons (Fsp3) is 0.400. The number of thiazole rings is 1. The van der Waals surface area contributed by atoms with Crippen LogP contribution in [0.1, 0.15) is 43.0 Å². The highest BCUT2D eigenvalue weighted by molar-refractivity contribution is 7.16. The number of aromatic nitrogens is 1. The van der Waals surface area contributed by atoms with Crippen LogP contribution < -0.4 is 5.73 Å². The first kappa shape index (κ1) is 13.5. The standard InChI is InChI=1S/C15H16F2N2S/c16-11-6-10(7-12(17)8-11)13-14(18)20-15(19-13)9-4-2-1-3-5-9/h6-9H,1-5,18H2. The van der Waals surface area contributed by atoms with Crippen molar-refractivity contribution in [2.75, 3.05) is 5.73 Å². The van der Waals surface area contributed by atoms with E-state index in [1.54, 1.807) is 0 Å². The molecule has 20 heavy (non-hydrogen) atoms. The second-order valence-corrected chi connectivity index (χ2v) is 6.32. The van der Waals surface area contributed by atoms with Crippen molar-refractivity contribution in [2.45, 2.75) is 38.0 Å². The van der Waals surface area contributed by atoms with Gasteiger partial charge in [0.15, 0.2) is 0 Å². The molecule has 0 unspecified atom stereocenters. The van der Waals surface area contributed by atoms with Crippen molar-refractivity contribution in [1.82, 2.24) is 4.98 Å². The second kappa shape index (κ2) is 5.48. The number of hydrogen-bond donors (Lipinski definition) is 1. The van der Waals surface area contributed by atoms with Gasteiger partial charge in [-0.15, -0.1) is 11.3 Å². The number of halogens is 2. The SMILES string of the molecule is Nc1sc(C2CCCCC2)nc1-c1cc(F)cc(F)c1. The Morgan fingerprint density at radius 1 is 1.05 bits per heavy atom. The van der Waals surface area contributed by atoms with Gasteiger partial charge < -0.3 is 5.73 Å². The average Bonchev–Trinajstić information content (AvgIpc) is 2.81. The average molecular weight is 294 g/mol. The molecule has 0 atom stereocenters. The molecule has 1 fully saturated rings. The molecule has 2 aromatic rings. The van der Waals surface area contributed by atoms with Gasteiger partial charge in [-0.1, -0.05) is 19.3 Å². The molecule has 0 saturated heterocycles. The molecule has 106 valence electrons. The molecule has 0 amide bonds. The molecular weight excluding hydrogens is 278 g/mol. The van der Waals surface area contributed by atoms with E-state index in [1.165, 1.54) is 42.7 Å². The molecule has 3 rings (SSSR count). The summed E-state index contributed by atoms with van der Waals surface area (Å²) in [5.74, 6) is -0.763. The van der Waals surface area contributed by atoms with Gasteiger partial charge in [0, 0.05) is 17.5 Å². The minimum atomic E-state index is -0.605. The van der Waals surface area contributed by atoms with Gasteiger partial charge in [-0.2, -0.15) is 0 Å². The van der Waals surface area contributed by atoms with Gasteiger partial charge in [0.05, 0.1) is 5.01 Å². The lowest BCUT2D eigenvalue weighted by Gasteiger charge is -2.18. The minimum Gasteiger partial charge on any atom is -0.389 e. The molecule has 1 aromatic carbocycles. The van der Waals surface area contributed by atoms with Gasteiger partial charge in [0.1, 0.15) is 22.3 Å². The summed E-state index contributed by atoms with van der Waals surface area (Å²) in [6, 6.07) is 3.41. The number of hydrogen-bond acceptors (Lipinski definition) is 3. The number of benzene rings is 1. The highest BCUT2D eigenvalue weighted by Gasteiger charge is 2.21. The Balaban J connectivity index is 1.95. The number of anilines is 1. The molecule has 1 aliphatic carbocycles. The van der Waals surface area contributed by atoms with Gasteiger partial charge >= 0.3 is 0 Å². The maximum Gasteiger partial charge on any atom is 0.126 e. The van der Waals surface area contributed by atoms with Crippen molar-refractivity contribution < 1.29 is 8.78 Å². The summed E-state index contributed by atoms with van der Waals surface area (Å²) in [6.45, 7) is 0. The zero-order valence-electron chi connectivity index (χ0n) is 11.0. The lowest BCUT2D eigenvalue weighted by Crippen LogP contribution is -2.03. The first-order chi connectivity index (χ1) is 9.63. The quantitative estimate of drug-likeness (QED) is 0.870. The molecule has 0 radical (unpaired) electrons. The molecule has 2 nitrogen and oxygen atoms in total. The summed E-state index contributed by atoms with van der Waals surface area (Å²) in [4.78, 5) is 4.55. The van der Waals surface area contributed by atoms with Crippen molar-refractivity contribution in [3.8, 4) is 11.3 Å². The molecule has 1 aromatic heterocycles. The monoisotopic (exact) mass is 294 g/mol. The van der Waals surface area contributed by atoms with Crippen molar-refractivity contribution in [3.63, 3.8) is 0 Å². The van der Waals surface area contributed by atoms with Crippen LogP contribution >= 0.6 is 11.3 Å². The van der Waals surface area contributed by atoms with Crippen LogP contribution in [-0.4, -0.2) is 4.98 Å². The van der Waals surface area contributed by atoms with E-state index in [4.69, 9.17) is 5.73 Å². The number of nitrogens with two attached hydrogens (primary N) is 1. The van der Waals surface area contributed by atoms with Crippen LogP contribution in [-0.2, 0) is 0 Å². The summed E-state index contributed by atoms with van der Waals surface area (Å²) in [5, 5.41) is 1.54. The van der Waals surface area contributed by atoms with Crippen molar-refractivity contribution >= 4 is 16.3 Å². The van der Waals surface area contributed by atoms with Crippen molar-refractivity contribution in [3.05, 3.63) is 34.8 Å². The van der Waals surface area contributed by atoms with E-state index in [0.29, 0.717) is 22.2 Å². The van der Waals surface area contributed by atoms with E-state index in [-0.39, 0.29) is 0 Å². The van der Waals surface area contributed by atoms with Crippen LogP contribution in [0, 0.1) is 11.6 Å². The molecular formula is C15H16F2N2S. The van der Waals surface area contributed by atoms with E-state index in [1.807, 2.05) is 0 Å². The molecule has 0 spiro atoms. The van der Waals surface area contributed by atoms with Crippen LogP contribution in [0.15, 0.2) is 18.2 Å². The maximum atomic E-state index is 13.3. The summed E-state index contributed by atoms with van der Waals surface area (Å²) in [6.07, 6.45) is 5.97. The Labute approximate surface area is 120 Å². The predicted octanol–water partition coefficient (Wildman–Crippen LogP) is 4.72. The number of rotatable bonds is 2. The maximum absolute atomic E-state index is 13.3. The van der Waals surface area contributed by atoms with E-state index in [0.717, 1.165) is 23.9 Å². The summed E-state index contributed by atoms with van der Waals surface area (Å²) >= 11 is 1.45. The lowest BCUT2D eigenvalue weighted by molar-refractivity contribution is 0.442. The first-order valence-electron chi connectivity index (χ1n) is 6.86. The summed E-state index contributed by atoms with van der Waals surface area (Å²) in [5.41, 5.74) is 6.91. The third-order valence-corrected chi connectivity index (χ3v) is 4.81. The van der Waals surface area contributed by atoms with Gasteiger partial charge in [0.2, 0.25) is 0 Å².